The zero-order chi connectivity index (χ0) is 15.5. The standard InChI is InChI=1S/C17H26N2O2/c1-4-17(5-2,12-20)11-18-15-6-7-16-14(10-15)8-9-19(16)13(3)21/h6-7,10,18,20H,4-5,8-9,11-12H2,1-3H3. The summed E-state index contributed by atoms with van der Waals surface area (Å²) in [4.78, 5) is 13.4. The molecule has 0 aromatic heterocycles. The highest BCUT2D eigenvalue weighted by Gasteiger charge is 2.26. The minimum atomic E-state index is -0.0512. The van der Waals surface area contributed by atoms with Crippen molar-refractivity contribution < 1.29 is 9.90 Å². The maximum Gasteiger partial charge on any atom is 0.223 e. The molecule has 4 heteroatoms. The first kappa shape index (κ1) is 15.8. The van der Waals surface area contributed by atoms with E-state index in [4.69, 9.17) is 0 Å². The molecular formula is C17H26N2O2. The normalized spacial score (nSPS) is 14.2. The lowest BCUT2D eigenvalue weighted by Gasteiger charge is -2.30. The highest BCUT2D eigenvalue weighted by Crippen LogP contribution is 2.31. The fraction of sp³-hybridized carbons (Fsp3) is 0.588. The summed E-state index contributed by atoms with van der Waals surface area (Å²) in [6, 6.07) is 6.17. The van der Waals surface area contributed by atoms with Crippen molar-refractivity contribution >= 4 is 17.3 Å². The molecule has 0 spiro atoms. The van der Waals surface area contributed by atoms with Crippen molar-refractivity contribution in [3.05, 3.63) is 23.8 Å². The molecule has 21 heavy (non-hydrogen) atoms. The van der Waals surface area contributed by atoms with Gasteiger partial charge in [0.25, 0.3) is 0 Å². The van der Waals surface area contributed by atoms with Crippen molar-refractivity contribution in [1.82, 2.24) is 0 Å². The Kier molecular flexibility index (Phi) is 4.88. The number of carbonyl (C=O) groups excluding carboxylic acids is 1. The van der Waals surface area contributed by atoms with E-state index in [2.05, 4.69) is 25.2 Å². The lowest BCUT2D eigenvalue weighted by molar-refractivity contribution is -0.116. The van der Waals surface area contributed by atoms with Gasteiger partial charge in [0, 0.05) is 36.8 Å². The zero-order valence-electron chi connectivity index (χ0n) is 13.3. The number of aliphatic hydroxyl groups excluding tert-OH is 1. The van der Waals surface area contributed by atoms with Crippen molar-refractivity contribution in [2.75, 3.05) is 29.9 Å². The molecule has 0 saturated heterocycles. The smallest absolute Gasteiger partial charge is 0.223 e. The number of carbonyl (C=O) groups is 1. The topological polar surface area (TPSA) is 52.6 Å². The Labute approximate surface area is 127 Å². The first-order valence-corrected chi connectivity index (χ1v) is 7.81. The van der Waals surface area contributed by atoms with Crippen LogP contribution in [0.1, 0.15) is 39.2 Å². The van der Waals surface area contributed by atoms with Crippen molar-refractivity contribution in [1.29, 1.82) is 0 Å². The molecule has 1 heterocycles. The molecule has 0 bridgehead atoms. The lowest BCUT2D eigenvalue weighted by Crippen LogP contribution is -2.32. The molecular weight excluding hydrogens is 264 g/mol. The van der Waals surface area contributed by atoms with Gasteiger partial charge in [-0.25, -0.2) is 0 Å². The molecule has 0 radical (unpaired) electrons. The number of fused-ring (bicyclic) bond motifs is 1. The van der Waals surface area contributed by atoms with E-state index in [1.807, 2.05) is 17.0 Å². The molecule has 0 fully saturated rings. The van der Waals surface area contributed by atoms with Gasteiger partial charge in [-0.15, -0.1) is 0 Å². The Morgan fingerprint density at radius 1 is 1.38 bits per heavy atom. The number of nitrogens with zero attached hydrogens (tertiary/aromatic N) is 1. The molecule has 0 saturated carbocycles. The maximum absolute atomic E-state index is 11.5. The quantitative estimate of drug-likeness (QED) is 0.847. The number of benzene rings is 1. The number of rotatable bonds is 6. The Bertz CT molecular complexity index is 501. The third kappa shape index (κ3) is 3.21. The summed E-state index contributed by atoms with van der Waals surface area (Å²) in [6.07, 6.45) is 2.82. The van der Waals surface area contributed by atoms with Crippen LogP contribution < -0.4 is 10.2 Å². The van der Waals surface area contributed by atoms with Crippen molar-refractivity contribution in [2.24, 2.45) is 5.41 Å². The number of nitrogens with one attached hydrogen (secondary N) is 1. The Morgan fingerprint density at radius 2 is 2.10 bits per heavy atom. The van der Waals surface area contributed by atoms with E-state index in [0.717, 1.165) is 43.7 Å². The SMILES string of the molecule is CCC(CC)(CO)CNc1ccc2c(c1)CCN2C(C)=O. The van der Waals surface area contributed by atoms with Crippen LogP contribution >= 0.6 is 0 Å². The van der Waals surface area contributed by atoms with Gasteiger partial charge in [-0.3, -0.25) is 4.79 Å². The second-order valence-corrected chi connectivity index (χ2v) is 5.98. The van der Waals surface area contributed by atoms with Gasteiger partial charge in [-0.1, -0.05) is 13.8 Å². The molecule has 2 N–H and O–H groups in total. The van der Waals surface area contributed by atoms with Gasteiger partial charge in [-0.05, 0) is 43.0 Å². The molecule has 0 unspecified atom stereocenters. The number of amides is 1. The average Bonchev–Trinajstić information content (AvgIpc) is 2.92. The van der Waals surface area contributed by atoms with Crippen LogP contribution in [0.3, 0.4) is 0 Å². The molecule has 116 valence electrons. The van der Waals surface area contributed by atoms with E-state index in [1.165, 1.54) is 5.56 Å². The summed E-state index contributed by atoms with van der Waals surface area (Å²) in [6.45, 7) is 7.60. The fourth-order valence-electron chi connectivity index (χ4n) is 2.91. The summed E-state index contributed by atoms with van der Waals surface area (Å²) in [5.74, 6) is 0.103. The molecule has 1 aromatic carbocycles. The van der Waals surface area contributed by atoms with Crippen molar-refractivity contribution in [3.63, 3.8) is 0 Å². The van der Waals surface area contributed by atoms with Gasteiger partial charge in [0.05, 0.1) is 6.61 Å². The van der Waals surface area contributed by atoms with Gasteiger partial charge in [-0.2, -0.15) is 0 Å². The molecule has 0 aliphatic carbocycles. The Morgan fingerprint density at radius 3 is 2.67 bits per heavy atom. The van der Waals surface area contributed by atoms with Crippen molar-refractivity contribution in [3.8, 4) is 0 Å². The van der Waals surface area contributed by atoms with Crippen LogP contribution in [0.25, 0.3) is 0 Å². The summed E-state index contributed by atoms with van der Waals surface area (Å²) < 4.78 is 0. The Hall–Kier alpha value is -1.55. The monoisotopic (exact) mass is 290 g/mol. The average molecular weight is 290 g/mol. The summed E-state index contributed by atoms with van der Waals surface area (Å²) in [7, 11) is 0. The van der Waals surface area contributed by atoms with Crippen LogP contribution in [0, 0.1) is 5.41 Å². The van der Waals surface area contributed by atoms with Gasteiger partial charge in [0.2, 0.25) is 5.91 Å². The molecule has 4 nitrogen and oxygen atoms in total. The van der Waals surface area contributed by atoms with Gasteiger partial charge < -0.3 is 15.3 Å². The third-order valence-corrected chi connectivity index (χ3v) is 4.86. The molecule has 1 aliphatic heterocycles. The highest BCUT2D eigenvalue weighted by molar-refractivity contribution is 5.94. The molecule has 0 atom stereocenters. The van der Waals surface area contributed by atoms with E-state index in [0.29, 0.717) is 0 Å². The van der Waals surface area contributed by atoms with Crippen LogP contribution in [0.2, 0.25) is 0 Å². The van der Waals surface area contributed by atoms with Crippen LogP contribution in [0.15, 0.2) is 18.2 Å². The summed E-state index contributed by atoms with van der Waals surface area (Å²) >= 11 is 0. The lowest BCUT2D eigenvalue weighted by atomic mass is 9.83. The Balaban J connectivity index is 2.09. The molecule has 1 aromatic rings. The zero-order valence-corrected chi connectivity index (χ0v) is 13.3. The first-order valence-electron chi connectivity index (χ1n) is 7.81. The molecule has 1 aliphatic rings. The van der Waals surface area contributed by atoms with Crippen molar-refractivity contribution in [2.45, 2.75) is 40.0 Å². The first-order chi connectivity index (χ1) is 10.0. The van der Waals surface area contributed by atoms with Crippen LogP contribution in [-0.2, 0) is 11.2 Å². The van der Waals surface area contributed by atoms with Crippen LogP contribution in [0.4, 0.5) is 11.4 Å². The third-order valence-electron chi connectivity index (χ3n) is 4.86. The van der Waals surface area contributed by atoms with E-state index in [9.17, 15) is 9.90 Å². The van der Waals surface area contributed by atoms with Crippen LogP contribution in [-0.4, -0.2) is 30.7 Å². The largest absolute Gasteiger partial charge is 0.396 e. The fourth-order valence-corrected chi connectivity index (χ4v) is 2.91. The number of hydrogen-bond donors (Lipinski definition) is 2. The second-order valence-electron chi connectivity index (χ2n) is 5.98. The number of hydrogen-bond acceptors (Lipinski definition) is 3. The minimum absolute atomic E-state index is 0.0512. The number of anilines is 2. The predicted molar refractivity (Wildman–Crippen MR) is 86.8 cm³/mol. The minimum Gasteiger partial charge on any atom is -0.396 e. The molecule has 1 amide bonds. The second kappa shape index (κ2) is 6.48. The highest BCUT2D eigenvalue weighted by atomic mass is 16.3. The predicted octanol–water partition coefficient (Wildman–Crippen LogP) is 2.81. The summed E-state index contributed by atoms with van der Waals surface area (Å²) in [5.41, 5.74) is 3.27. The summed E-state index contributed by atoms with van der Waals surface area (Å²) in [5, 5.41) is 13.1. The van der Waals surface area contributed by atoms with Crippen LogP contribution in [0.5, 0.6) is 0 Å². The van der Waals surface area contributed by atoms with Gasteiger partial charge in [0.1, 0.15) is 0 Å². The van der Waals surface area contributed by atoms with E-state index < -0.39 is 0 Å². The van der Waals surface area contributed by atoms with E-state index in [1.54, 1.807) is 6.92 Å². The van der Waals surface area contributed by atoms with Gasteiger partial charge >= 0.3 is 0 Å². The maximum atomic E-state index is 11.5. The van der Waals surface area contributed by atoms with E-state index >= 15 is 0 Å². The van der Waals surface area contributed by atoms with E-state index in [-0.39, 0.29) is 17.9 Å². The molecule has 2 rings (SSSR count). The van der Waals surface area contributed by atoms with Gasteiger partial charge in [0.15, 0.2) is 0 Å². The number of aliphatic hydroxyl groups is 1.